The molecule has 1 amide bonds. The summed E-state index contributed by atoms with van der Waals surface area (Å²) in [4.78, 5) is 13.9. The predicted molar refractivity (Wildman–Crippen MR) is 102 cm³/mol. The summed E-state index contributed by atoms with van der Waals surface area (Å²) in [7, 11) is 5.29. The zero-order valence-electron chi connectivity index (χ0n) is 15.6. The van der Waals surface area contributed by atoms with E-state index in [4.69, 9.17) is 4.74 Å². The smallest absolute Gasteiger partial charge is 0.225 e. The van der Waals surface area contributed by atoms with Crippen LogP contribution >= 0.6 is 0 Å². The molecule has 1 aliphatic rings. The molecule has 1 aromatic carbocycles. The molecule has 6 nitrogen and oxygen atoms in total. The molecule has 0 saturated heterocycles. The standard InChI is InChI=1S/C20H26N4O2/c1-24(2)20(25)14-7-6-8-15(13-14)21-19-12-11-17(22-23-19)16-9-4-5-10-18(16)26-3/h4-5,9-12,14-15H,6-8,13H2,1-3H3,(H,21,23). The molecule has 1 aromatic heterocycles. The molecule has 3 rings (SSSR count). The highest BCUT2D eigenvalue weighted by Crippen LogP contribution is 2.29. The number of anilines is 1. The van der Waals surface area contributed by atoms with E-state index in [1.807, 2.05) is 50.5 Å². The molecule has 1 fully saturated rings. The summed E-state index contributed by atoms with van der Waals surface area (Å²) in [5.41, 5.74) is 1.70. The minimum Gasteiger partial charge on any atom is -0.496 e. The van der Waals surface area contributed by atoms with Gasteiger partial charge in [-0.05, 0) is 43.5 Å². The fraction of sp³-hybridized carbons (Fsp3) is 0.450. The van der Waals surface area contributed by atoms with Crippen LogP contribution in [-0.4, -0.2) is 48.3 Å². The molecule has 1 N–H and O–H groups in total. The number of benzene rings is 1. The van der Waals surface area contributed by atoms with Crippen molar-refractivity contribution in [1.82, 2.24) is 15.1 Å². The molecule has 1 aliphatic carbocycles. The van der Waals surface area contributed by atoms with Crippen molar-refractivity contribution in [3.8, 4) is 17.0 Å². The SMILES string of the molecule is COc1ccccc1-c1ccc(NC2CCCC(C(=O)N(C)C)C2)nn1. The van der Waals surface area contributed by atoms with Gasteiger partial charge in [0.1, 0.15) is 11.6 Å². The molecule has 0 radical (unpaired) electrons. The second-order valence-electron chi connectivity index (χ2n) is 6.94. The number of carbonyl (C=O) groups excluding carboxylic acids is 1. The largest absolute Gasteiger partial charge is 0.496 e. The number of hydrogen-bond acceptors (Lipinski definition) is 5. The Labute approximate surface area is 154 Å². The molecule has 1 heterocycles. The van der Waals surface area contributed by atoms with Gasteiger partial charge in [-0.25, -0.2) is 0 Å². The predicted octanol–water partition coefficient (Wildman–Crippen LogP) is 3.21. The van der Waals surface area contributed by atoms with Gasteiger partial charge in [-0.3, -0.25) is 4.79 Å². The monoisotopic (exact) mass is 354 g/mol. The van der Waals surface area contributed by atoms with Crippen molar-refractivity contribution in [3.63, 3.8) is 0 Å². The molecular weight excluding hydrogens is 328 g/mol. The molecule has 0 aliphatic heterocycles. The van der Waals surface area contributed by atoms with Gasteiger partial charge < -0.3 is 15.0 Å². The minimum absolute atomic E-state index is 0.0945. The Morgan fingerprint density at radius 3 is 2.65 bits per heavy atom. The Balaban J connectivity index is 1.67. The Morgan fingerprint density at radius 1 is 1.15 bits per heavy atom. The number of para-hydroxylation sites is 1. The number of rotatable bonds is 5. The van der Waals surface area contributed by atoms with E-state index < -0.39 is 0 Å². The van der Waals surface area contributed by atoms with Gasteiger partial charge in [0, 0.05) is 31.6 Å². The first kappa shape index (κ1) is 18.2. The fourth-order valence-corrected chi connectivity index (χ4v) is 3.53. The summed E-state index contributed by atoms with van der Waals surface area (Å²) in [6.45, 7) is 0. The second kappa shape index (κ2) is 8.17. The van der Waals surface area contributed by atoms with Crippen LogP contribution in [0.3, 0.4) is 0 Å². The number of aromatic nitrogens is 2. The van der Waals surface area contributed by atoms with Crippen LogP contribution in [0, 0.1) is 5.92 Å². The maximum Gasteiger partial charge on any atom is 0.225 e. The van der Waals surface area contributed by atoms with Gasteiger partial charge >= 0.3 is 0 Å². The lowest BCUT2D eigenvalue weighted by molar-refractivity contribution is -0.134. The maximum absolute atomic E-state index is 12.2. The van der Waals surface area contributed by atoms with E-state index >= 15 is 0 Å². The summed E-state index contributed by atoms with van der Waals surface area (Å²) < 4.78 is 5.39. The minimum atomic E-state index is 0.0945. The fourth-order valence-electron chi connectivity index (χ4n) is 3.53. The normalized spacial score (nSPS) is 19.7. The highest BCUT2D eigenvalue weighted by atomic mass is 16.5. The van der Waals surface area contributed by atoms with Crippen LogP contribution in [0.25, 0.3) is 11.3 Å². The number of hydrogen-bond donors (Lipinski definition) is 1. The molecule has 1 saturated carbocycles. The lowest BCUT2D eigenvalue weighted by Crippen LogP contribution is -2.36. The quantitative estimate of drug-likeness (QED) is 0.893. The summed E-state index contributed by atoms with van der Waals surface area (Å²) in [6.07, 6.45) is 3.91. The van der Waals surface area contributed by atoms with E-state index in [0.29, 0.717) is 0 Å². The van der Waals surface area contributed by atoms with E-state index in [9.17, 15) is 4.79 Å². The third-order valence-electron chi connectivity index (χ3n) is 4.86. The Hall–Kier alpha value is -2.63. The van der Waals surface area contributed by atoms with Crippen LogP contribution in [0.1, 0.15) is 25.7 Å². The summed E-state index contributed by atoms with van der Waals surface area (Å²) >= 11 is 0. The molecule has 6 heteroatoms. The van der Waals surface area contributed by atoms with Gasteiger partial charge in [0.05, 0.1) is 12.8 Å². The lowest BCUT2D eigenvalue weighted by Gasteiger charge is -2.30. The Bertz CT molecular complexity index is 746. The van der Waals surface area contributed by atoms with Gasteiger partial charge in [0.2, 0.25) is 5.91 Å². The molecule has 2 aromatic rings. The highest BCUT2D eigenvalue weighted by Gasteiger charge is 2.28. The van der Waals surface area contributed by atoms with E-state index in [-0.39, 0.29) is 17.9 Å². The summed E-state index contributed by atoms with van der Waals surface area (Å²) in [6, 6.07) is 11.9. The van der Waals surface area contributed by atoms with E-state index in [1.54, 1.807) is 12.0 Å². The van der Waals surface area contributed by atoms with Crippen LogP contribution in [0.15, 0.2) is 36.4 Å². The van der Waals surface area contributed by atoms with Crippen molar-refractivity contribution in [2.75, 3.05) is 26.5 Å². The lowest BCUT2D eigenvalue weighted by atomic mass is 9.85. The number of methoxy groups -OCH3 is 1. The maximum atomic E-state index is 12.2. The first-order chi connectivity index (χ1) is 12.6. The molecule has 26 heavy (non-hydrogen) atoms. The summed E-state index contributed by atoms with van der Waals surface area (Å²) in [5, 5.41) is 12.1. The number of carbonyl (C=O) groups is 1. The Morgan fingerprint density at radius 2 is 1.96 bits per heavy atom. The van der Waals surface area contributed by atoms with Crippen LogP contribution in [0.2, 0.25) is 0 Å². The van der Waals surface area contributed by atoms with Crippen molar-refractivity contribution in [1.29, 1.82) is 0 Å². The zero-order valence-corrected chi connectivity index (χ0v) is 15.6. The summed E-state index contributed by atoms with van der Waals surface area (Å²) in [5.74, 6) is 1.83. The zero-order chi connectivity index (χ0) is 18.5. The van der Waals surface area contributed by atoms with Crippen LogP contribution in [0.5, 0.6) is 5.75 Å². The van der Waals surface area contributed by atoms with Gasteiger partial charge in [-0.1, -0.05) is 18.6 Å². The van der Waals surface area contributed by atoms with Crippen molar-refractivity contribution in [2.45, 2.75) is 31.7 Å². The third kappa shape index (κ3) is 4.12. The number of nitrogens with zero attached hydrogens (tertiary/aromatic N) is 3. The first-order valence-electron chi connectivity index (χ1n) is 9.03. The molecule has 0 bridgehead atoms. The molecule has 2 unspecified atom stereocenters. The average Bonchev–Trinajstić information content (AvgIpc) is 2.68. The topological polar surface area (TPSA) is 67.3 Å². The van der Waals surface area contributed by atoms with Crippen LogP contribution in [-0.2, 0) is 4.79 Å². The van der Waals surface area contributed by atoms with Crippen molar-refractivity contribution >= 4 is 11.7 Å². The van der Waals surface area contributed by atoms with Gasteiger partial charge in [-0.15, -0.1) is 10.2 Å². The van der Waals surface area contributed by atoms with E-state index in [2.05, 4.69) is 15.5 Å². The van der Waals surface area contributed by atoms with E-state index in [0.717, 1.165) is 48.5 Å². The highest BCUT2D eigenvalue weighted by molar-refractivity contribution is 5.78. The van der Waals surface area contributed by atoms with Crippen molar-refractivity contribution < 1.29 is 9.53 Å². The number of nitrogens with one attached hydrogen (secondary N) is 1. The molecule has 2 atom stereocenters. The van der Waals surface area contributed by atoms with Crippen molar-refractivity contribution in [2.24, 2.45) is 5.92 Å². The van der Waals surface area contributed by atoms with Gasteiger partial charge in [0.15, 0.2) is 0 Å². The van der Waals surface area contributed by atoms with Crippen LogP contribution < -0.4 is 10.1 Å². The third-order valence-corrected chi connectivity index (χ3v) is 4.86. The number of ether oxygens (including phenoxy) is 1. The number of amides is 1. The van der Waals surface area contributed by atoms with Gasteiger partial charge in [0.25, 0.3) is 0 Å². The average molecular weight is 354 g/mol. The van der Waals surface area contributed by atoms with E-state index in [1.165, 1.54) is 0 Å². The molecule has 138 valence electrons. The second-order valence-corrected chi connectivity index (χ2v) is 6.94. The first-order valence-corrected chi connectivity index (χ1v) is 9.03. The molecular formula is C20H26N4O2. The van der Waals surface area contributed by atoms with Crippen molar-refractivity contribution in [3.05, 3.63) is 36.4 Å². The molecule has 0 spiro atoms. The van der Waals surface area contributed by atoms with Crippen LogP contribution in [0.4, 0.5) is 5.82 Å². The van der Waals surface area contributed by atoms with Gasteiger partial charge in [-0.2, -0.15) is 0 Å². The Kier molecular flexibility index (Phi) is 5.71.